The predicted octanol–water partition coefficient (Wildman–Crippen LogP) is 0.338. The number of nitrogens with zero attached hydrogens (tertiary/aromatic N) is 5. The van der Waals surface area contributed by atoms with E-state index in [9.17, 15) is 24.8 Å². The number of halogens is 2. The summed E-state index contributed by atoms with van der Waals surface area (Å²) in [6, 6.07) is 9.84. The third-order valence-electron chi connectivity index (χ3n) is 7.88. The van der Waals surface area contributed by atoms with E-state index in [0.717, 1.165) is 24.3 Å². The van der Waals surface area contributed by atoms with Crippen LogP contribution in [-0.4, -0.2) is 58.2 Å². The van der Waals surface area contributed by atoms with Gasteiger partial charge in [-0.15, -0.1) is 0 Å². The summed E-state index contributed by atoms with van der Waals surface area (Å²) in [5.74, 6) is -1.88. The van der Waals surface area contributed by atoms with Crippen LogP contribution in [0.3, 0.4) is 0 Å². The van der Waals surface area contributed by atoms with E-state index < -0.39 is 27.7 Å². The Morgan fingerprint density at radius 2 is 1.83 bits per heavy atom. The fourth-order valence-electron chi connectivity index (χ4n) is 5.76. The zero-order valence-electron chi connectivity index (χ0n) is 24.6. The van der Waals surface area contributed by atoms with E-state index in [-0.39, 0.29) is 58.4 Å². The van der Waals surface area contributed by atoms with E-state index >= 15 is 4.39 Å². The average Bonchev–Trinajstić information content (AvgIpc) is 3.86. The van der Waals surface area contributed by atoms with Crippen molar-refractivity contribution in [2.75, 3.05) is 31.6 Å². The molecule has 4 heterocycles. The van der Waals surface area contributed by atoms with Gasteiger partial charge in [-0.3, -0.25) is 24.9 Å². The summed E-state index contributed by atoms with van der Waals surface area (Å²) in [5.41, 5.74) is 0.865. The molecule has 1 radical (unpaired) electrons. The molecule has 12 nitrogen and oxygen atoms in total. The molecule has 5 aromatic rings. The Morgan fingerprint density at radius 3 is 2.46 bits per heavy atom. The van der Waals surface area contributed by atoms with E-state index in [2.05, 4.69) is 15.3 Å². The number of non-ortho nitro benzene ring substituents is 1. The number of benzene rings is 2. The Hall–Kier alpha value is -4.36. The van der Waals surface area contributed by atoms with Crippen molar-refractivity contribution >= 4 is 50.1 Å². The first-order valence-electron chi connectivity index (χ1n) is 14.1. The molecule has 243 valence electrons. The smallest absolute Gasteiger partial charge is 1.00 e. The summed E-state index contributed by atoms with van der Waals surface area (Å²) < 4.78 is 22.4. The number of nitrogens with one attached hydrogen (secondary N) is 1. The van der Waals surface area contributed by atoms with Crippen LogP contribution in [0.4, 0.5) is 15.8 Å². The monoisotopic (exact) mass is 697 g/mol. The van der Waals surface area contributed by atoms with Gasteiger partial charge in [-0.25, -0.2) is 4.39 Å². The van der Waals surface area contributed by atoms with Crippen LogP contribution in [0.25, 0.3) is 32.7 Å². The number of carboxylic acid groups (broad SMARTS) is 1. The average molecular weight is 699 g/mol. The molecule has 1 saturated carbocycles. The first kappa shape index (κ1) is 34.5. The van der Waals surface area contributed by atoms with Gasteiger partial charge in [0.05, 0.1) is 45.4 Å². The summed E-state index contributed by atoms with van der Waals surface area (Å²) in [7, 11) is 1.44. The van der Waals surface area contributed by atoms with Gasteiger partial charge in [0.15, 0.2) is 17.0 Å². The number of piperazine rings is 1. The van der Waals surface area contributed by atoms with Crippen molar-refractivity contribution in [3.8, 4) is 5.75 Å². The maximum Gasteiger partial charge on any atom is 2.00 e. The van der Waals surface area contributed by atoms with E-state index in [1.165, 1.54) is 19.4 Å². The molecule has 1 aliphatic heterocycles. The molecular weight excluding hydrogens is 670 g/mol. The Kier molecular flexibility index (Phi) is 10.5. The van der Waals surface area contributed by atoms with Crippen LogP contribution in [0.5, 0.6) is 5.75 Å². The quantitative estimate of drug-likeness (QED) is 0.118. The van der Waals surface area contributed by atoms with Gasteiger partial charge in [0, 0.05) is 61.8 Å². The molecule has 1 saturated heterocycles. The number of fused-ring (bicyclic) bond motifs is 4. The van der Waals surface area contributed by atoms with Crippen molar-refractivity contribution in [1.29, 1.82) is 0 Å². The number of carboxylic acids is 1. The van der Waals surface area contributed by atoms with Crippen molar-refractivity contribution in [3.05, 3.63) is 86.7 Å². The number of anilines is 1. The molecule has 3 aromatic heterocycles. The summed E-state index contributed by atoms with van der Waals surface area (Å²) in [4.78, 5) is 45.0. The largest absolute Gasteiger partial charge is 2.00 e. The minimum atomic E-state index is -1.56. The van der Waals surface area contributed by atoms with E-state index in [1.807, 2.05) is 11.8 Å². The number of hydrogen-bond acceptors (Lipinski definition) is 10. The van der Waals surface area contributed by atoms with Gasteiger partial charge < -0.3 is 41.8 Å². The third-order valence-corrected chi connectivity index (χ3v) is 7.88. The fraction of sp³-hybridized carbons (Fsp3) is 0.290. The topological polar surface area (TPSA) is 156 Å². The number of aromatic carboxylic acids is 1. The second kappa shape index (κ2) is 14.0. The Labute approximate surface area is 278 Å². The molecule has 0 amide bonds. The van der Waals surface area contributed by atoms with E-state index in [1.54, 1.807) is 41.2 Å². The van der Waals surface area contributed by atoms with Gasteiger partial charge in [-0.05, 0) is 44.0 Å². The van der Waals surface area contributed by atoms with Crippen LogP contribution in [0, 0.1) is 15.9 Å². The number of carbonyl (C=O) groups is 1. The molecule has 1 atom stereocenters. The summed E-state index contributed by atoms with van der Waals surface area (Å²) in [5, 5.41) is 27.0. The second-order valence-corrected chi connectivity index (χ2v) is 10.9. The zero-order valence-corrected chi connectivity index (χ0v) is 26.3. The van der Waals surface area contributed by atoms with Gasteiger partial charge in [0.2, 0.25) is 0 Å². The van der Waals surface area contributed by atoms with E-state index in [4.69, 9.17) is 4.74 Å². The van der Waals surface area contributed by atoms with Gasteiger partial charge >= 0.3 is 17.1 Å². The minimum Gasteiger partial charge on any atom is -1.00 e. The number of nitro groups is 1. The Morgan fingerprint density at radius 1 is 1.13 bits per heavy atom. The number of pyridine rings is 3. The molecule has 0 spiro atoms. The minimum absolute atomic E-state index is 0. The summed E-state index contributed by atoms with van der Waals surface area (Å²) in [6.45, 7) is 3.93. The molecule has 1 unspecified atom stereocenters. The number of nitro benzene ring substituents is 1. The van der Waals surface area contributed by atoms with Gasteiger partial charge in [-0.2, -0.15) is 0 Å². The van der Waals surface area contributed by atoms with Crippen molar-refractivity contribution in [2.45, 2.75) is 31.8 Å². The molecular formula is C31H28ClCuFN6O6. The van der Waals surface area contributed by atoms with Crippen molar-refractivity contribution < 1.29 is 53.4 Å². The molecule has 1 N–H and O–H groups in total. The zero-order chi connectivity index (χ0) is 31.1. The van der Waals surface area contributed by atoms with Gasteiger partial charge in [-0.1, -0.05) is 6.07 Å². The normalized spacial score (nSPS) is 15.8. The van der Waals surface area contributed by atoms with Crippen molar-refractivity contribution in [2.24, 2.45) is 0 Å². The van der Waals surface area contributed by atoms with Crippen molar-refractivity contribution in [1.82, 2.24) is 19.9 Å². The second-order valence-electron chi connectivity index (χ2n) is 10.9. The number of carbonyl (C=O) groups excluding carboxylic acids is 1. The molecule has 1 aliphatic carbocycles. The maximum atomic E-state index is 15.1. The summed E-state index contributed by atoms with van der Waals surface area (Å²) in [6.07, 6.45) is 6.31. The Balaban J connectivity index is 0.000000219. The number of rotatable bonds is 5. The number of hydrogen-bond donors (Lipinski definition) is 1. The standard InChI is InChI=1S/C19H22FN3O4.C12H7N3O2.ClH.Cu/c1-10-8-22(6-5-21-10)16-14(20)7-12-15(18(16)27-2)23(11-3-4-11)9-13(17(12)24)19(25)26;16-15(17)10-7-8-3-1-5-13-11(8)12-9(10)4-2-6-14-12;;/h7,9-11,21H,3-6,8H2,1-2H3,(H,25,26);1-7H;1H;/q;;;+2/p-2. The van der Waals surface area contributed by atoms with E-state index in [0.29, 0.717) is 47.3 Å². The SMILES string of the molecule is COc1c(N2CCNC(C)C2)c(F)cc2c(=O)c(C(=O)[O-])cn(C3CC3)c12.O=[N+]([O-])c1cc2cccnc2c2ncccc12.[Cl-].[Cu+2]. The molecule has 2 aromatic carbocycles. The third kappa shape index (κ3) is 6.34. The van der Waals surface area contributed by atoms with Crippen LogP contribution in [0.1, 0.15) is 36.2 Å². The molecule has 15 heteroatoms. The van der Waals surface area contributed by atoms with Crippen LogP contribution in [-0.2, 0) is 17.1 Å². The molecule has 2 fully saturated rings. The molecule has 0 bridgehead atoms. The first-order chi connectivity index (χ1) is 21.2. The van der Waals surface area contributed by atoms with Crippen LogP contribution < -0.4 is 37.9 Å². The van der Waals surface area contributed by atoms with Crippen LogP contribution >= 0.6 is 0 Å². The Bertz CT molecular complexity index is 2020. The van der Waals surface area contributed by atoms with Crippen LogP contribution in [0.2, 0.25) is 0 Å². The van der Waals surface area contributed by atoms with Crippen molar-refractivity contribution in [3.63, 3.8) is 0 Å². The van der Waals surface area contributed by atoms with Crippen LogP contribution in [0.15, 0.2) is 59.8 Å². The van der Waals surface area contributed by atoms with Gasteiger partial charge in [0.1, 0.15) is 11.2 Å². The van der Waals surface area contributed by atoms with Gasteiger partial charge in [0.25, 0.3) is 5.69 Å². The first-order valence-corrected chi connectivity index (χ1v) is 14.1. The number of aromatic nitrogens is 3. The fourth-order valence-corrected chi connectivity index (χ4v) is 5.76. The molecule has 46 heavy (non-hydrogen) atoms. The maximum absolute atomic E-state index is 15.1. The predicted molar refractivity (Wildman–Crippen MR) is 161 cm³/mol. The molecule has 7 rings (SSSR count). The number of ether oxygens (including phenoxy) is 1. The summed E-state index contributed by atoms with van der Waals surface area (Å²) >= 11 is 0. The number of methoxy groups -OCH3 is 1. The molecule has 2 aliphatic rings.